The second-order valence-corrected chi connectivity index (χ2v) is 6.72. The van der Waals surface area contributed by atoms with E-state index in [1.807, 2.05) is 35.2 Å². The van der Waals surface area contributed by atoms with Crippen molar-refractivity contribution >= 4 is 17.7 Å². The maximum atomic E-state index is 12.3. The van der Waals surface area contributed by atoms with Gasteiger partial charge in [0.1, 0.15) is 6.10 Å². The Morgan fingerprint density at radius 3 is 2.67 bits per heavy atom. The Morgan fingerprint density at radius 1 is 1.17 bits per heavy atom. The molecule has 0 radical (unpaired) electrons. The fourth-order valence-corrected chi connectivity index (χ4v) is 3.55. The number of amides is 1. The Kier molecular flexibility index (Phi) is 6.07. The molecule has 2 aromatic rings. The lowest BCUT2D eigenvalue weighted by molar-refractivity contribution is -0.130. The molecule has 2 heterocycles. The van der Waals surface area contributed by atoms with Crippen LogP contribution >= 0.6 is 11.8 Å². The van der Waals surface area contributed by atoms with E-state index >= 15 is 0 Å². The van der Waals surface area contributed by atoms with Gasteiger partial charge in [-0.25, -0.2) is 0 Å². The molecule has 1 aliphatic heterocycles. The van der Waals surface area contributed by atoms with E-state index in [9.17, 15) is 4.79 Å². The molecule has 1 aliphatic rings. The topological polar surface area (TPSA) is 55.3 Å². The van der Waals surface area contributed by atoms with Crippen LogP contribution in [0.25, 0.3) is 0 Å². The minimum atomic E-state index is 0.114. The van der Waals surface area contributed by atoms with Gasteiger partial charge >= 0.3 is 0 Å². The van der Waals surface area contributed by atoms with Gasteiger partial charge in [-0.1, -0.05) is 30.3 Å². The number of ether oxygens (including phenoxy) is 1. The first-order chi connectivity index (χ1) is 11.8. The van der Waals surface area contributed by atoms with Crippen LogP contribution < -0.4 is 4.74 Å². The Bertz CT molecular complexity index is 631. The monoisotopic (exact) mass is 343 g/mol. The summed E-state index contributed by atoms with van der Waals surface area (Å²) in [6.07, 6.45) is 3.42. The normalized spacial score (nSPS) is 15.2. The number of aromatic nitrogens is 2. The van der Waals surface area contributed by atoms with E-state index in [-0.39, 0.29) is 12.0 Å². The summed E-state index contributed by atoms with van der Waals surface area (Å²) >= 11 is 1.67. The van der Waals surface area contributed by atoms with E-state index in [2.05, 4.69) is 22.3 Å². The SMILES string of the molecule is O=C(CSCc1ccccc1)N1CCC(Oc2cccnn2)CC1. The molecule has 0 unspecified atom stereocenters. The fourth-order valence-electron chi connectivity index (χ4n) is 2.67. The summed E-state index contributed by atoms with van der Waals surface area (Å²) in [5, 5.41) is 7.75. The number of hydrogen-bond donors (Lipinski definition) is 0. The molecule has 3 rings (SSSR count). The first-order valence-electron chi connectivity index (χ1n) is 8.15. The van der Waals surface area contributed by atoms with Gasteiger partial charge in [-0.3, -0.25) is 4.79 Å². The summed E-state index contributed by atoms with van der Waals surface area (Å²) in [6, 6.07) is 13.9. The Hall–Kier alpha value is -2.08. The molecule has 0 spiro atoms. The highest BCUT2D eigenvalue weighted by Crippen LogP contribution is 2.18. The molecule has 0 saturated carbocycles. The molecule has 1 saturated heterocycles. The first-order valence-corrected chi connectivity index (χ1v) is 9.30. The lowest BCUT2D eigenvalue weighted by atomic mass is 10.1. The number of benzene rings is 1. The molecule has 0 atom stereocenters. The molecule has 6 heteroatoms. The molecule has 0 N–H and O–H groups in total. The van der Waals surface area contributed by atoms with E-state index in [0.29, 0.717) is 11.6 Å². The summed E-state index contributed by atoms with van der Waals surface area (Å²) in [5.74, 6) is 2.18. The number of hydrogen-bond acceptors (Lipinski definition) is 5. The van der Waals surface area contributed by atoms with E-state index in [1.54, 1.807) is 18.0 Å². The van der Waals surface area contributed by atoms with E-state index in [1.165, 1.54) is 5.56 Å². The van der Waals surface area contributed by atoms with Gasteiger partial charge in [0.05, 0.1) is 5.75 Å². The zero-order valence-electron chi connectivity index (χ0n) is 13.5. The smallest absolute Gasteiger partial charge is 0.233 e. The van der Waals surface area contributed by atoms with E-state index in [4.69, 9.17) is 4.74 Å². The summed E-state index contributed by atoms with van der Waals surface area (Å²) in [7, 11) is 0. The lowest BCUT2D eigenvalue weighted by Gasteiger charge is -2.31. The van der Waals surface area contributed by atoms with Gasteiger partial charge in [-0.15, -0.1) is 16.9 Å². The fraction of sp³-hybridized carbons (Fsp3) is 0.389. The Balaban J connectivity index is 1.37. The molecule has 126 valence electrons. The number of piperidine rings is 1. The average molecular weight is 343 g/mol. The molecular formula is C18H21N3O2S. The highest BCUT2D eigenvalue weighted by molar-refractivity contribution is 7.99. The largest absolute Gasteiger partial charge is 0.473 e. The van der Waals surface area contributed by atoms with Gasteiger partial charge in [0.25, 0.3) is 0 Å². The van der Waals surface area contributed by atoms with Crippen molar-refractivity contribution in [3.05, 3.63) is 54.2 Å². The van der Waals surface area contributed by atoms with Crippen molar-refractivity contribution in [3.8, 4) is 5.88 Å². The Labute approximate surface area is 146 Å². The first kappa shape index (κ1) is 16.8. The maximum Gasteiger partial charge on any atom is 0.233 e. The van der Waals surface area contributed by atoms with Crippen LogP contribution in [0.1, 0.15) is 18.4 Å². The van der Waals surface area contributed by atoms with Gasteiger partial charge < -0.3 is 9.64 Å². The summed E-state index contributed by atoms with van der Waals surface area (Å²) < 4.78 is 5.81. The van der Waals surface area contributed by atoms with E-state index < -0.39 is 0 Å². The van der Waals surface area contributed by atoms with Crippen LogP contribution in [0.5, 0.6) is 5.88 Å². The number of thioether (sulfide) groups is 1. The number of carbonyl (C=O) groups is 1. The third-order valence-electron chi connectivity index (χ3n) is 3.97. The zero-order valence-corrected chi connectivity index (χ0v) is 14.3. The summed E-state index contributed by atoms with van der Waals surface area (Å²) in [5.41, 5.74) is 1.26. The molecule has 24 heavy (non-hydrogen) atoms. The van der Waals surface area contributed by atoms with E-state index in [0.717, 1.165) is 31.7 Å². The maximum absolute atomic E-state index is 12.3. The van der Waals surface area contributed by atoms with Crippen molar-refractivity contribution in [1.82, 2.24) is 15.1 Å². The molecule has 1 fully saturated rings. The van der Waals surface area contributed by atoms with Gasteiger partial charge in [0, 0.05) is 43.9 Å². The second kappa shape index (κ2) is 8.68. The van der Waals surface area contributed by atoms with Crippen molar-refractivity contribution < 1.29 is 9.53 Å². The summed E-state index contributed by atoms with van der Waals surface area (Å²) in [6.45, 7) is 1.49. The highest BCUT2D eigenvalue weighted by Gasteiger charge is 2.24. The average Bonchev–Trinajstić information content (AvgIpc) is 2.64. The van der Waals surface area contributed by atoms with Crippen molar-refractivity contribution in [2.75, 3.05) is 18.8 Å². The van der Waals surface area contributed by atoms with Crippen LogP contribution in [0.2, 0.25) is 0 Å². The van der Waals surface area contributed by atoms with Crippen molar-refractivity contribution in [2.45, 2.75) is 24.7 Å². The number of rotatable bonds is 6. The quantitative estimate of drug-likeness (QED) is 0.807. The zero-order chi connectivity index (χ0) is 16.6. The molecule has 0 aliphatic carbocycles. The van der Waals surface area contributed by atoms with Crippen LogP contribution in [0, 0.1) is 0 Å². The third kappa shape index (κ3) is 4.96. The predicted octanol–water partition coefficient (Wildman–Crippen LogP) is 2.78. The molecule has 0 bridgehead atoms. The minimum absolute atomic E-state index is 0.114. The standard InChI is InChI=1S/C18H21N3O2S/c22-18(14-24-13-15-5-2-1-3-6-15)21-11-8-16(9-12-21)23-17-7-4-10-19-20-17/h1-7,10,16H,8-9,11-14H2. The molecule has 1 amide bonds. The molecule has 1 aromatic carbocycles. The Morgan fingerprint density at radius 2 is 1.96 bits per heavy atom. The van der Waals surface area contributed by atoms with Crippen LogP contribution in [0.3, 0.4) is 0 Å². The highest BCUT2D eigenvalue weighted by atomic mass is 32.2. The predicted molar refractivity (Wildman–Crippen MR) is 94.9 cm³/mol. The van der Waals surface area contributed by atoms with Crippen molar-refractivity contribution in [2.24, 2.45) is 0 Å². The van der Waals surface area contributed by atoms with Crippen LogP contribution in [-0.4, -0.2) is 46.0 Å². The third-order valence-corrected chi connectivity index (χ3v) is 4.96. The van der Waals surface area contributed by atoms with Crippen LogP contribution in [0.4, 0.5) is 0 Å². The minimum Gasteiger partial charge on any atom is -0.473 e. The van der Waals surface area contributed by atoms with Crippen LogP contribution in [-0.2, 0) is 10.5 Å². The van der Waals surface area contributed by atoms with Gasteiger partial charge in [-0.05, 0) is 11.6 Å². The number of likely N-dealkylation sites (tertiary alicyclic amines) is 1. The number of carbonyl (C=O) groups excluding carboxylic acids is 1. The van der Waals surface area contributed by atoms with Gasteiger partial charge in [0.2, 0.25) is 11.8 Å². The molecule has 1 aromatic heterocycles. The van der Waals surface area contributed by atoms with Crippen LogP contribution in [0.15, 0.2) is 48.7 Å². The van der Waals surface area contributed by atoms with Gasteiger partial charge in [0.15, 0.2) is 0 Å². The second-order valence-electron chi connectivity index (χ2n) is 5.74. The number of nitrogens with zero attached hydrogens (tertiary/aromatic N) is 3. The van der Waals surface area contributed by atoms with Crippen molar-refractivity contribution in [3.63, 3.8) is 0 Å². The van der Waals surface area contributed by atoms with Crippen molar-refractivity contribution in [1.29, 1.82) is 0 Å². The summed E-state index contributed by atoms with van der Waals surface area (Å²) in [4.78, 5) is 14.2. The van der Waals surface area contributed by atoms with Gasteiger partial charge in [-0.2, -0.15) is 5.10 Å². The molecular weight excluding hydrogens is 322 g/mol. The molecule has 5 nitrogen and oxygen atoms in total. The lowest BCUT2D eigenvalue weighted by Crippen LogP contribution is -2.42.